The molecule has 2 aliphatic rings. The van der Waals surface area contributed by atoms with Crippen LogP contribution in [0.15, 0.2) is 84.9 Å². The highest BCUT2D eigenvalue weighted by Gasteiger charge is 2.45. The van der Waals surface area contributed by atoms with Gasteiger partial charge in [-0.1, -0.05) is 128 Å². The van der Waals surface area contributed by atoms with Crippen LogP contribution < -0.4 is 64.6 Å². The van der Waals surface area contributed by atoms with Crippen LogP contribution in [0.2, 0.25) is 0 Å². The van der Waals surface area contributed by atoms with E-state index < -0.39 is 186 Å². The first-order valence-corrected chi connectivity index (χ1v) is 42.3. The number of carbonyl (C=O) groups is 16. The normalized spacial score (nSPS) is 16.3. The number of hydrogen-bond donors (Lipinski definition) is 16. The van der Waals surface area contributed by atoms with E-state index in [9.17, 15) is 87.2 Å². The number of imide groups is 1. The summed E-state index contributed by atoms with van der Waals surface area (Å²) in [7, 11) is 5.90. The predicted octanol–water partition coefficient (Wildman–Crippen LogP) is 1.36. The number of rotatable bonds is 54. The summed E-state index contributed by atoms with van der Waals surface area (Å²) in [6.45, 7) is 12.1. The Balaban J connectivity index is 1.29. The average Bonchev–Trinajstić information content (AvgIpc) is 1.10. The van der Waals surface area contributed by atoms with Crippen LogP contribution in [-0.4, -0.2) is 269 Å². The van der Waals surface area contributed by atoms with Crippen molar-refractivity contribution >= 4 is 101 Å². The van der Waals surface area contributed by atoms with Gasteiger partial charge in [-0.15, -0.1) is 0 Å². The minimum absolute atomic E-state index is 0.00179. The highest BCUT2D eigenvalue weighted by atomic mass is 16.5. The first-order valence-electron chi connectivity index (χ1n) is 42.3. The molecule has 2 aliphatic heterocycles. The fraction of sp³-hybridized carbons (Fsp3) is 0.593. The molecule has 124 heavy (non-hydrogen) atoms. The number of likely N-dealkylation sites (tertiary alicyclic amines) is 2. The molecular weight excluding hydrogens is 1610 g/mol. The van der Waals surface area contributed by atoms with Crippen LogP contribution in [0.4, 0.5) is 4.79 Å². The van der Waals surface area contributed by atoms with Gasteiger partial charge in [0, 0.05) is 99.4 Å². The van der Waals surface area contributed by atoms with Gasteiger partial charge in [-0.25, -0.2) is 14.4 Å². The van der Waals surface area contributed by atoms with Gasteiger partial charge in [-0.3, -0.25) is 72.6 Å². The lowest BCUT2D eigenvalue weighted by atomic mass is 9.89. The lowest BCUT2D eigenvalue weighted by molar-refractivity contribution is -0.149. The van der Waals surface area contributed by atoms with Gasteiger partial charge in [0.15, 0.2) is 5.96 Å². The fourth-order valence-electron chi connectivity index (χ4n) is 15.3. The van der Waals surface area contributed by atoms with Crippen molar-refractivity contribution < 1.29 is 102 Å². The molecule has 0 saturated carbocycles. The largest absolute Gasteiger partial charge is 0.508 e. The summed E-state index contributed by atoms with van der Waals surface area (Å²) in [5, 5.41) is 64.2. The van der Waals surface area contributed by atoms with Crippen LogP contribution in [0.5, 0.6) is 5.75 Å². The Morgan fingerprint density at radius 3 is 1.54 bits per heavy atom. The third kappa shape index (κ3) is 33.1. The number of primary amides is 1. The van der Waals surface area contributed by atoms with Crippen molar-refractivity contribution in [2.45, 2.75) is 243 Å². The Kier molecular flexibility index (Phi) is 43.0. The number of carboxylic acids is 2. The van der Waals surface area contributed by atoms with Gasteiger partial charge >= 0.3 is 18.0 Å². The maximum Gasteiger partial charge on any atom is 0.326 e. The number of guanidine groups is 1. The van der Waals surface area contributed by atoms with Crippen molar-refractivity contribution in [3.8, 4) is 5.75 Å². The summed E-state index contributed by atoms with van der Waals surface area (Å²) in [6.07, 6.45) is -1.43. The minimum Gasteiger partial charge on any atom is -0.508 e. The number of urea groups is 1. The molecular formula is C86H129N17O21. The SMILES string of the molecule is CC[C@H](C)[C@@H]([C@@H](CC(=O)N1CCC[C@H]1[C@H](OC)[C@@H](C)C(=O)N[C@@H](Cc1ccccc1)C(=O)O)OC)N(C)C(=O)[C@@H](NC(=O)[C@H](C(C)C)N(C)C(=O)CCCC(=O)N[C@@H](Cc1ccccc1)C(=O)N[C@@H](CCCNC(N)=O)C(=O)N[C@@H](CCCCNC(=O)[C@H](CCCNC(=N)N)NC(=O)CN1C(=O)CCC1=O)C(=O)N[C@@H](Cc1ccc(O)cc1)C(=O)O)C(C)C. The first kappa shape index (κ1) is 103. The second-order valence-electron chi connectivity index (χ2n) is 32.4. The topological polar surface area (TPSA) is 561 Å². The molecule has 5 rings (SSSR count). The second kappa shape index (κ2) is 51.9. The van der Waals surface area contributed by atoms with E-state index in [4.69, 9.17) is 26.4 Å². The zero-order valence-corrected chi connectivity index (χ0v) is 72.9. The summed E-state index contributed by atoms with van der Waals surface area (Å²) in [5.41, 5.74) is 12.5. The van der Waals surface area contributed by atoms with Gasteiger partial charge in [0.05, 0.1) is 36.6 Å². The number of nitrogens with zero attached hydrogens (tertiary/aromatic N) is 4. The maximum atomic E-state index is 15.0. The summed E-state index contributed by atoms with van der Waals surface area (Å²) in [5.74, 6) is -13.9. The number of unbranched alkanes of at least 4 members (excludes halogenated alkanes) is 1. The maximum absolute atomic E-state index is 15.0. The van der Waals surface area contributed by atoms with Crippen molar-refractivity contribution in [2.75, 3.05) is 61.0 Å². The van der Waals surface area contributed by atoms with Crippen molar-refractivity contribution in [3.63, 3.8) is 0 Å². The van der Waals surface area contributed by atoms with Crippen molar-refractivity contribution in [3.05, 3.63) is 102 Å². The van der Waals surface area contributed by atoms with Gasteiger partial charge in [-0.05, 0) is 111 Å². The molecule has 2 saturated heterocycles. The van der Waals surface area contributed by atoms with E-state index in [0.717, 1.165) is 10.5 Å². The van der Waals surface area contributed by atoms with Gasteiger partial charge in [0.25, 0.3) is 0 Å². The molecule has 38 nitrogen and oxygen atoms in total. The molecule has 2 heterocycles. The molecule has 38 heteroatoms. The third-order valence-electron chi connectivity index (χ3n) is 22.4. The van der Waals surface area contributed by atoms with E-state index >= 15 is 4.79 Å². The number of nitrogens with two attached hydrogens (primary N) is 2. The lowest BCUT2D eigenvalue weighted by Crippen LogP contribution is -2.60. The van der Waals surface area contributed by atoms with Crippen molar-refractivity contribution in [1.82, 2.24) is 72.8 Å². The van der Waals surface area contributed by atoms with Crippen LogP contribution in [0.1, 0.15) is 168 Å². The number of carbonyl (C=O) groups excluding carboxylic acids is 14. The fourth-order valence-corrected chi connectivity index (χ4v) is 15.3. The number of ether oxygens (including phenoxy) is 2. The zero-order chi connectivity index (χ0) is 92.0. The number of hydrogen-bond acceptors (Lipinski definition) is 20. The summed E-state index contributed by atoms with van der Waals surface area (Å²) >= 11 is 0. The van der Waals surface area contributed by atoms with Gasteiger partial charge in [-0.2, -0.15) is 0 Å². The predicted molar refractivity (Wildman–Crippen MR) is 456 cm³/mol. The molecule has 15 amide bonds. The quantitative estimate of drug-likeness (QED) is 0.0164. The lowest BCUT2D eigenvalue weighted by Gasteiger charge is -2.41. The Labute approximate surface area is 723 Å². The number of likely N-dealkylation sites (N-methyl/N-ethyl adjacent to an activating group) is 2. The van der Waals surface area contributed by atoms with Crippen molar-refractivity contribution in [2.24, 2.45) is 35.1 Å². The number of aliphatic carboxylic acids is 2. The summed E-state index contributed by atoms with van der Waals surface area (Å²) in [6, 6.07) is 10.00. The Morgan fingerprint density at radius 2 is 1.03 bits per heavy atom. The molecule has 3 aromatic rings. The summed E-state index contributed by atoms with van der Waals surface area (Å²) < 4.78 is 12.0. The number of amides is 15. The van der Waals surface area contributed by atoms with E-state index in [2.05, 4.69) is 53.2 Å². The van der Waals surface area contributed by atoms with Gasteiger partial charge < -0.3 is 104 Å². The third-order valence-corrected chi connectivity index (χ3v) is 22.4. The molecule has 0 bridgehead atoms. The highest BCUT2D eigenvalue weighted by Crippen LogP contribution is 2.31. The molecule has 0 unspecified atom stereocenters. The zero-order valence-electron chi connectivity index (χ0n) is 72.9. The molecule has 14 atom stereocenters. The molecule has 0 aliphatic carbocycles. The molecule has 684 valence electrons. The number of phenolic OH excluding ortho intramolecular Hbond substituents is 1. The Bertz CT molecular complexity index is 4090. The number of nitrogens with one attached hydrogen (secondary N) is 11. The van der Waals surface area contributed by atoms with E-state index in [0.29, 0.717) is 36.9 Å². The van der Waals surface area contributed by atoms with Crippen LogP contribution >= 0.6 is 0 Å². The van der Waals surface area contributed by atoms with E-state index in [1.54, 1.807) is 107 Å². The van der Waals surface area contributed by atoms with E-state index in [1.165, 1.54) is 55.3 Å². The summed E-state index contributed by atoms with van der Waals surface area (Å²) in [4.78, 5) is 224. The van der Waals surface area contributed by atoms with Crippen molar-refractivity contribution in [1.29, 1.82) is 5.41 Å². The van der Waals surface area contributed by atoms with Crippen LogP contribution in [0.3, 0.4) is 0 Å². The standard InChI is InChI=1S/C86H129N17O21/c1-12-52(6)74(65(123-10)48-71(110)102-44-24-32-64(102)75(124-11)53(7)76(111)97-62(83(118)119)46-55-27-17-14-18-28-55)101(9)82(117)72(50(2)3)99-81(116)73(51(4)5)100(8)68(107)34-21-33-66(105)94-61(45-54-25-15-13-16-26-54)80(115)96-60(31-23-43-92-86(89)122)78(113)95-59(79(114)98-63(84(120)121)47-56-35-37-57(104)38-36-56)29-19-20-41-90-77(112)58(30-22-42-91-85(87)88)93-67(106)49-103-69(108)39-40-70(103)109/h13-18,25-28,35-38,50-53,58-65,72-75,104H,12,19-24,29-34,39-49H2,1-11H3,(H,90,112)(H,93,106)(H,94,105)(H,95,113)(H,96,115)(H,97,111)(H,98,114)(H,99,116)(H,118,119)(H,120,121)(H4,87,88,91)(H3,89,92,122)/t52-,53+,58-,59-,60-,61-,62-,63-,64-,65+,72-,73-,74-,75+/m0/s1. The molecule has 2 fully saturated rings. The molecule has 3 aromatic carbocycles. The molecule has 0 aromatic heterocycles. The molecule has 18 N–H and O–H groups in total. The number of aromatic hydroxyl groups is 1. The number of benzene rings is 3. The van der Waals surface area contributed by atoms with Gasteiger partial charge in [0.2, 0.25) is 76.8 Å². The molecule has 0 radical (unpaired) electrons. The highest BCUT2D eigenvalue weighted by molar-refractivity contribution is 6.05. The second-order valence-corrected chi connectivity index (χ2v) is 32.4. The molecule has 0 spiro atoms. The Hall–Kier alpha value is -11.8. The first-order chi connectivity index (χ1) is 58.8. The van der Waals surface area contributed by atoms with Crippen LogP contribution in [-0.2, 0) is 101 Å². The number of carboxylic acid groups (broad SMARTS) is 2. The van der Waals surface area contributed by atoms with E-state index in [1.807, 2.05) is 13.8 Å². The van der Waals surface area contributed by atoms with Crippen LogP contribution in [0, 0.1) is 29.1 Å². The minimum atomic E-state index is -1.59. The average molecular weight is 1740 g/mol. The van der Waals surface area contributed by atoms with E-state index in [-0.39, 0.29) is 146 Å². The van der Waals surface area contributed by atoms with Crippen LogP contribution in [0.25, 0.3) is 0 Å². The Morgan fingerprint density at radius 1 is 0.540 bits per heavy atom. The number of phenols is 1. The van der Waals surface area contributed by atoms with Gasteiger partial charge in [0.1, 0.15) is 60.6 Å². The smallest absolute Gasteiger partial charge is 0.326 e. The number of methoxy groups -OCH3 is 2. The monoisotopic (exact) mass is 1740 g/mol.